The summed E-state index contributed by atoms with van der Waals surface area (Å²) in [4.78, 5) is 9.09. The number of hydrogen-bond donors (Lipinski definition) is 3. The summed E-state index contributed by atoms with van der Waals surface area (Å²) in [6.45, 7) is 2.12. The molecule has 1 aromatic rings. The molecule has 1 unspecified atom stereocenters. The van der Waals surface area contributed by atoms with Gasteiger partial charge in [0, 0.05) is 35.3 Å². The fraction of sp³-hybridized carbons (Fsp3) is 0.412. The van der Waals surface area contributed by atoms with Crippen LogP contribution in [0, 0.1) is 0 Å². The van der Waals surface area contributed by atoms with Gasteiger partial charge in [-0.1, -0.05) is 24.6 Å². The minimum Gasteiger partial charge on any atom is -0.347 e. The Morgan fingerprint density at radius 1 is 1.43 bits per heavy atom. The van der Waals surface area contributed by atoms with E-state index in [1.807, 2.05) is 18.5 Å². The van der Waals surface area contributed by atoms with E-state index in [1.165, 1.54) is 24.8 Å². The van der Waals surface area contributed by atoms with Crippen LogP contribution in [-0.2, 0) is 0 Å². The second kappa shape index (κ2) is 7.92. The largest absolute Gasteiger partial charge is 0.347 e. The van der Waals surface area contributed by atoms with E-state index in [-0.39, 0.29) is 0 Å². The van der Waals surface area contributed by atoms with Crippen LogP contribution in [0.3, 0.4) is 0 Å². The van der Waals surface area contributed by atoms with Gasteiger partial charge in [-0.05, 0) is 49.3 Å². The van der Waals surface area contributed by atoms with E-state index in [1.54, 1.807) is 5.57 Å². The fourth-order valence-corrected chi connectivity index (χ4v) is 3.38. The highest BCUT2D eigenvalue weighted by molar-refractivity contribution is 14.1. The van der Waals surface area contributed by atoms with Crippen molar-refractivity contribution in [1.29, 1.82) is 0 Å². The average molecular weight is 423 g/mol. The SMILES string of the molecule is CC/C(=C\NNI)c1ccnc(NC2CCC3=C2C=CCC3)n1. The van der Waals surface area contributed by atoms with Crippen LogP contribution >= 0.6 is 22.9 Å². The standard InChI is InChI=1S/C17H22IN5/c1-2-12(11-20-23-18)15-9-10-19-17(21-15)22-16-8-7-13-5-3-4-6-14(13)16/h4,6,9-11,16,20,23H,2-3,5,7-8H2,1H3,(H,19,21,22)/b12-11+. The molecule has 0 spiro atoms. The molecule has 0 amide bonds. The first-order valence-electron chi connectivity index (χ1n) is 8.10. The van der Waals surface area contributed by atoms with Crippen molar-refractivity contribution in [2.75, 3.05) is 5.32 Å². The molecular formula is C17H22IN5. The van der Waals surface area contributed by atoms with E-state index in [0.717, 1.165) is 24.1 Å². The number of nitrogens with one attached hydrogen (secondary N) is 3. The lowest BCUT2D eigenvalue weighted by atomic mass is 9.99. The molecule has 0 saturated carbocycles. The Morgan fingerprint density at radius 3 is 3.17 bits per heavy atom. The van der Waals surface area contributed by atoms with Crippen LogP contribution in [0.1, 0.15) is 44.7 Å². The molecule has 1 aromatic heterocycles. The van der Waals surface area contributed by atoms with Gasteiger partial charge in [0.2, 0.25) is 5.95 Å². The smallest absolute Gasteiger partial charge is 0.223 e. The molecular weight excluding hydrogens is 401 g/mol. The van der Waals surface area contributed by atoms with Gasteiger partial charge in [0.05, 0.1) is 11.7 Å². The lowest BCUT2D eigenvalue weighted by Crippen LogP contribution is -2.20. The Morgan fingerprint density at radius 2 is 2.35 bits per heavy atom. The number of halogens is 1. The third-order valence-electron chi connectivity index (χ3n) is 4.40. The zero-order chi connectivity index (χ0) is 16.1. The maximum atomic E-state index is 4.69. The Kier molecular flexibility index (Phi) is 5.66. The lowest BCUT2D eigenvalue weighted by molar-refractivity contribution is 0.786. The van der Waals surface area contributed by atoms with Crippen LogP contribution in [-0.4, -0.2) is 16.0 Å². The van der Waals surface area contributed by atoms with E-state index >= 15 is 0 Å². The number of nitrogens with zero attached hydrogens (tertiary/aromatic N) is 2. The highest BCUT2D eigenvalue weighted by Crippen LogP contribution is 2.34. The van der Waals surface area contributed by atoms with Crippen molar-refractivity contribution in [2.24, 2.45) is 0 Å². The molecule has 5 nitrogen and oxygen atoms in total. The molecule has 6 heteroatoms. The summed E-state index contributed by atoms with van der Waals surface area (Å²) in [7, 11) is 0. The molecule has 0 fully saturated rings. The number of anilines is 1. The zero-order valence-corrected chi connectivity index (χ0v) is 15.4. The predicted octanol–water partition coefficient (Wildman–Crippen LogP) is 3.89. The van der Waals surface area contributed by atoms with E-state index < -0.39 is 0 Å². The molecule has 122 valence electrons. The van der Waals surface area contributed by atoms with Crippen molar-refractivity contribution < 1.29 is 0 Å². The van der Waals surface area contributed by atoms with Gasteiger partial charge in [0.25, 0.3) is 0 Å². The summed E-state index contributed by atoms with van der Waals surface area (Å²) in [5.74, 6) is 0.710. The molecule has 0 saturated heterocycles. The molecule has 2 aliphatic rings. The van der Waals surface area contributed by atoms with Crippen LogP contribution in [0.25, 0.3) is 5.57 Å². The quantitative estimate of drug-likeness (QED) is 0.368. The number of allylic oxidation sites excluding steroid dienone is 3. The molecule has 0 aliphatic heterocycles. The summed E-state index contributed by atoms with van der Waals surface area (Å²) >= 11 is 2.05. The van der Waals surface area contributed by atoms with Gasteiger partial charge in [-0.15, -0.1) is 0 Å². The molecule has 0 radical (unpaired) electrons. The van der Waals surface area contributed by atoms with Gasteiger partial charge < -0.3 is 10.7 Å². The number of hydrazine groups is 1. The minimum absolute atomic E-state index is 0.347. The van der Waals surface area contributed by atoms with E-state index in [9.17, 15) is 0 Å². The first kappa shape index (κ1) is 16.4. The maximum Gasteiger partial charge on any atom is 0.223 e. The summed E-state index contributed by atoms with van der Waals surface area (Å²) in [6.07, 6.45) is 14.0. The number of hydrogen-bond acceptors (Lipinski definition) is 5. The van der Waals surface area contributed by atoms with Crippen molar-refractivity contribution in [1.82, 2.24) is 19.0 Å². The zero-order valence-electron chi connectivity index (χ0n) is 13.3. The highest BCUT2D eigenvalue weighted by Gasteiger charge is 2.25. The Labute approximate surface area is 151 Å². The van der Waals surface area contributed by atoms with E-state index in [4.69, 9.17) is 4.98 Å². The van der Waals surface area contributed by atoms with Gasteiger partial charge in [0.15, 0.2) is 0 Å². The van der Waals surface area contributed by atoms with Gasteiger partial charge in [-0.25, -0.2) is 9.97 Å². The van der Waals surface area contributed by atoms with Gasteiger partial charge in [0.1, 0.15) is 0 Å². The van der Waals surface area contributed by atoms with Crippen LogP contribution in [0.5, 0.6) is 0 Å². The molecule has 23 heavy (non-hydrogen) atoms. The van der Waals surface area contributed by atoms with Gasteiger partial charge in [-0.2, -0.15) is 3.64 Å². The van der Waals surface area contributed by atoms with Crippen molar-refractivity contribution in [3.05, 3.63) is 47.5 Å². The first-order chi connectivity index (χ1) is 11.3. The summed E-state index contributed by atoms with van der Waals surface area (Å²) < 4.78 is 2.88. The van der Waals surface area contributed by atoms with Crippen molar-refractivity contribution in [3.8, 4) is 0 Å². The number of rotatable bonds is 6. The Balaban J connectivity index is 1.76. The van der Waals surface area contributed by atoms with E-state index in [2.05, 4.69) is 61.3 Å². The second-order valence-corrected chi connectivity index (χ2v) is 6.30. The average Bonchev–Trinajstić information content (AvgIpc) is 2.99. The monoisotopic (exact) mass is 423 g/mol. The molecule has 1 atom stereocenters. The Bertz CT molecular complexity index is 650. The van der Waals surface area contributed by atoms with Crippen LogP contribution in [0.2, 0.25) is 0 Å². The summed E-state index contributed by atoms with van der Waals surface area (Å²) in [5, 5.41) is 3.52. The van der Waals surface area contributed by atoms with Crippen LogP contribution < -0.4 is 14.4 Å². The fourth-order valence-electron chi connectivity index (χ4n) is 3.22. The first-order valence-corrected chi connectivity index (χ1v) is 9.18. The van der Waals surface area contributed by atoms with Gasteiger partial charge in [-0.3, -0.25) is 0 Å². The van der Waals surface area contributed by atoms with E-state index in [0.29, 0.717) is 12.0 Å². The van der Waals surface area contributed by atoms with Crippen LogP contribution in [0.4, 0.5) is 5.95 Å². The lowest BCUT2D eigenvalue weighted by Gasteiger charge is -2.17. The molecule has 0 aromatic carbocycles. The van der Waals surface area contributed by atoms with Crippen molar-refractivity contribution in [2.45, 2.75) is 45.1 Å². The molecule has 3 N–H and O–H groups in total. The Hall–Kier alpha value is -1.41. The minimum atomic E-state index is 0.347. The molecule has 2 aliphatic carbocycles. The van der Waals surface area contributed by atoms with Crippen molar-refractivity contribution in [3.63, 3.8) is 0 Å². The van der Waals surface area contributed by atoms with Crippen LogP contribution in [0.15, 0.2) is 41.8 Å². The molecule has 0 bridgehead atoms. The normalized spacial score (nSPS) is 20.6. The second-order valence-electron chi connectivity index (χ2n) is 5.76. The maximum absolute atomic E-state index is 4.69. The van der Waals surface area contributed by atoms with Crippen molar-refractivity contribution >= 4 is 34.4 Å². The molecule has 3 rings (SSSR count). The number of aromatic nitrogens is 2. The molecule has 1 heterocycles. The van der Waals surface area contributed by atoms with Gasteiger partial charge >= 0.3 is 0 Å². The predicted molar refractivity (Wildman–Crippen MR) is 103 cm³/mol. The topological polar surface area (TPSA) is 61.9 Å². The highest BCUT2D eigenvalue weighted by atomic mass is 127. The third kappa shape index (κ3) is 3.92. The summed E-state index contributed by atoms with van der Waals surface area (Å²) in [6, 6.07) is 2.30. The summed E-state index contributed by atoms with van der Waals surface area (Å²) in [5.41, 5.74) is 8.16. The third-order valence-corrected chi connectivity index (χ3v) is 4.71.